The Kier molecular flexibility index (Phi) is 7.31. The maximum Gasteiger partial charge on any atom is 0.414 e. The summed E-state index contributed by atoms with van der Waals surface area (Å²) in [4.78, 5) is 38.0. The number of aromatic nitrogens is 4. The second-order valence-electron chi connectivity index (χ2n) is 8.23. The van der Waals surface area contributed by atoms with Gasteiger partial charge in [0.05, 0.1) is 31.7 Å². The second kappa shape index (κ2) is 10.4. The number of amides is 2. The lowest BCUT2D eigenvalue weighted by Crippen LogP contribution is -2.47. The number of fused-ring (bicyclic) bond motifs is 1. The third-order valence-electron chi connectivity index (χ3n) is 5.99. The molecule has 1 aliphatic heterocycles. The molecule has 3 aromatic rings. The van der Waals surface area contributed by atoms with Crippen LogP contribution >= 0.6 is 0 Å². The summed E-state index contributed by atoms with van der Waals surface area (Å²) in [6.45, 7) is 4.42. The zero-order chi connectivity index (χ0) is 25.1. The zero-order valence-electron chi connectivity index (χ0n) is 20.6. The summed E-state index contributed by atoms with van der Waals surface area (Å²) in [7, 11) is 4.60. The van der Waals surface area contributed by atoms with E-state index in [0.29, 0.717) is 41.9 Å². The van der Waals surface area contributed by atoms with Crippen molar-refractivity contribution >= 4 is 28.8 Å². The van der Waals surface area contributed by atoms with Crippen LogP contribution in [0, 0.1) is 0 Å². The summed E-state index contributed by atoms with van der Waals surface area (Å²) < 4.78 is 18.8. The van der Waals surface area contributed by atoms with Crippen molar-refractivity contribution in [3.05, 3.63) is 24.1 Å². The Morgan fingerprint density at radius 1 is 1.26 bits per heavy atom. The number of nitrogens with zero attached hydrogens (tertiary/aromatic N) is 6. The molecule has 12 nitrogen and oxygen atoms in total. The van der Waals surface area contributed by atoms with Crippen molar-refractivity contribution in [3.63, 3.8) is 0 Å². The van der Waals surface area contributed by atoms with E-state index in [0.717, 1.165) is 11.5 Å². The van der Waals surface area contributed by atoms with Crippen LogP contribution in [0.1, 0.15) is 43.7 Å². The molecule has 0 aromatic carbocycles. The van der Waals surface area contributed by atoms with Crippen molar-refractivity contribution < 1.29 is 28.3 Å². The first-order valence-corrected chi connectivity index (χ1v) is 11.6. The van der Waals surface area contributed by atoms with Crippen LogP contribution in [0.25, 0.3) is 22.5 Å². The van der Waals surface area contributed by atoms with Gasteiger partial charge in [0, 0.05) is 26.7 Å². The summed E-state index contributed by atoms with van der Waals surface area (Å²) in [6.07, 6.45) is 3.07. The molecule has 2 atom stereocenters. The van der Waals surface area contributed by atoms with Crippen molar-refractivity contribution in [2.45, 2.75) is 45.3 Å². The largest absolute Gasteiger partial charge is 0.449 e. The van der Waals surface area contributed by atoms with Gasteiger partial charge in [-0.3, -0.25) is 19.2 Å². The van der Waals surface area contributed by atoms with Crippen LogP contribution in [-0.4, -0.2) is 76.6 Å². The molecule has 0 unspecified atom stereocenters. The number of aryl methyl sites for hydroxylation is 1. The third kappa shape index (κ3) is 4.84. The van der Waals surface area contributed by atoms with Crippen molar-refractivity contribution in [2.24, 2.45) is 7.05 Å². The number of hydroxylamine groups is 2. The number of carbonyl (C=O) groups excluding carboxylic acids is 2. The number of hydrogen-bond acceptors (Lipinski definition) is 9. The lowest BCUT2D eigenvalue weighted by atomic mass is 9.99. The Labute approximate surface area is 202 Å². The van der Waals surface area contributed by atoms with Crippen LogP contribution in [0.15, 0.2) is 22.7 Å². The van der Waals surface area contributed by atoms with Gasteiger partial charge >= 0.3 is 12.0 Å². The number of ether oxygens (including phenoxy) is 2. The van der Waals surface area contributed by atoms with E-state index >= 15 is 0 Å². The van der Waals surface area contributed by atoms with E-state index in [1.165, 1.54) is 19.1 Å². The molecule has 1 saturated heterocycles. The first kappa shape index (κ1) is 24.6. The van der Waals surface area contributed by atoms with E-state index in [1.54, 1.807) is 37.0 Å². The van der Waals surface area contributed by atoms with Gasteiger partial charge in [0.15, 0.2) is 5.58 Å². The van der Waals surface area contributed by atoms with Gasteiger partial charge in [-0.25, -0.2) is 14.8 Å². The van der Waals surface area contributed by atoms with Gasteiger partial charge < -0.3 is 13.9 Å². The molecule has 0 N–H and O–H groups in total. The van der Waals surface area contributed by atoms with Crippen LogP contribution in [0.3, 0.4) is 0 Å². The van der Waals surface area contributed by atoms with E-state index < -0.39 is 12.0 Å². The van der Waals surface area contributed by atoms with Gasteiger partial charge in [-0.1, -0.05) is 12.1 Å². The topological polar surface area (TPSA) is 125 Å². The molecule has 188 valence electrons. The molecule has 1 aliphatic rings. The molecule has 1 fully saturated rings. The third-order valence-corrected chi connectivity index (χ3v) is 5.99. The van der Waals surface area contributed by atoms with Gasteiger partial charge in [-0.2, -0.15) is 0 Å². The van der Waals surface area contributed by atoms with Crippen molar-refractivity contribution in [3.8, 4) is 11.4 Å². The molecule has 12 heteroatoms. The van der Waals surface area contributed by atoms with Crippen molar-refractivity contribution in [1.29, 1.82) is 0 Å². The molecular formula is C23H30N6O6. The number of carbonyl (C=O) groups is 2. The highest BCUT2D eigenvalue weighted by molar-refractivity contribution is 6.09. The molecule has 0 saturated carbocycles. The van der Waals surface area contributed by atoms with E-state index in [9.17, 15) is 9.59 Å². The Hall–Kier alpha value is -3.51. The van der Waals surface area contributed by atoms with E-state index in [1.807, 2.05) is 6.92 Å². The van der Waals surface area contributed by atoms with Crippen LogP contribution < -0.4 is 4.90 Å². The molecule has 4 heterocycles. The number of furan rings is 1. The fourth-order valence-corrected chi connectivity index (χ4v) is 4.16. The second-order valence-corrected chi connectivity index (χ2v) is 8.23. The average Bonchev–Trinajstić information content (AvgIpc) is 3.47. The van der Waals surface area contributed by atoms with Crippen LogP contribution in [-0.2, 0) is 21.4 Å². The summed E-state index contributed by atoms with van der Waals surface area (Å²) in [5.41, 5.74) is 1.99. The number of anilines is 1. The Balaban J connectivity index is 1.93. The first-order chi connectivity index (χ1) is 16.9. The molecule has 2 amide bonds. The number of rotatable bonds is 7. The monoisotopic (exact) mass is 486 g/mol. The molecule has 35 heavy (non-hydrogen) atoms. The van der Waals surface area contributed by atoms with E-state index in [-0.39, 0.29) is 30.2 Å². The van der Waals surface area contributed by atoms with Crippen LogP contribution in [0.4, 0.5) is 10.5 Å². The highest BCUT2D eigenvalue weighted by Gasteiger charge is 2.38. The van der Waals surface area contributed by atoms with Gasteiger partial charge in [0.25, 0.3) is 0 Å². The predicted octanol–water partition coefficient (Wildman–Crippen LogP) is 3.18. The summed E-state index contributed by atoms with van der Waals surface area (Å²) in [5.74, 6) is -0.629. The van der Waals surface area contributed by atoms with Gasteiger partial charge in [0.2, 0.25) is 5.76 Å². The van der Waals surface area contributed by atoms with Crippen molar-refractivity contribution in [2.75, 3.05) is 32.3 Å². The summed E-state index contributed by atoms with van der Waals surface area (Å²) >= 11 is 0. The van der Waals surface area contributed by atoms with Crippen LogP contribution in [0.2, 0.25) is 0 Å². The smallest absolute Gasteiger partial charge is 0.414 e. The normalized spacial score (nSPS) is 18.0. The van der Waals surface area contributed by atoms with Gasteiger partial charge in [0.1, 0.15) is 16.9 Å². The summed E-state index contributed by atoms with van der Waals surface area (Å²) in [6, 6.07) is 3.14. The Bertz CT molecular complexity index is 1210. The SMILES string of the molecule is CCOC(=O)N(c1c(C(=O)N(C)OC)oc2ccc(-c3cn(C)nn3)nc12)[C@H]1CCO[C@@H](CC)C1. The minimum Gasteiger partial charge on any atom is -0.449 e. The average molecular weight is 487 g/mol. The van der Waals surface area contributed by atoms with E-state index in [4.69, 9.17) is 23.7 Å². The molecule has 0 radical (unpaired) electrons. The molecule has 0 spiro atoms. The highest BCUT2D eigenvalue weighted by Crippen LogP contribution is 2.38. The van der Waals surface area contributed by atoms with Gasteiger partial charge in [-0.15, -0.1) is 5.10 Å². The molecular weight excluding hydrogens is 456 g/mol. The quantitative estimate of drug-likeness (QED) is 0.463. The maximum atomic E-state index is 13.4. The number of hydrogen-bond donors (Lipinski definition) is 0. The fourth-order valence-electron chi connectivity index (χ4n) is 4.16. The highest BCUT2D eigenvalue weighted by atomic mass is 16.7. The lowest BCUT2D eigenvalue weighted by molar-refractivity contribution is -0.0772. The predicted molar refractivity (Wildman–Crippen MR) is 126 cm³/mol. The van der Waals surface area contributed by atoms with Crippen molar-refractivity contribution in [1.82, 2.24) is 25.0 Å². The summed E-state index contributed by atoms with van der Waals surface area (Å²) in [5, 5.41) is 9.13. The minimum absolute atomic E-state index is 0.0206. The zero-order valence-corrected chi connectivity index (χ0v) is 20.6. The van der Waals surface area contributed by atoms with E-state index in [2.05, 4.69) is 10.3 Å². The Morgan fingerprint density at radius 3 is 2.71 bits per heavy atom. The first-order valence-electron chi connectivity index (χ1n) is 11.6. The number of pyridine rings is 1. The Morgan fingerprint density at radius 2 is 2.06 bits per heavy atom. The molecule has 0 bridgehead atoms. The van der Waals surface area contributed by atoms with Gasteiger partial charge in [-0.05, 0) is 38.3 Å². The molecule has 0 aliphatic carbocycles. The standard InChI is InChI=1S/C23H30N6O6/c1-6-15-12-14(10-11-34-15)29(23(31)33-7-2)20-19-18(35-21(20)22(30)28(4)32-5)9-8-16(24-19)17-13-27(3)26-25-17/h8-9,13-15H,6-7,10-12H2,1-5H3/t14-,15-/m0/s1. The van der Waals surface area contributed by atoms with Crippen LogP contribution in [0.5, 0.6) is 0 Å². The molecule has 3 aromatic heterocycles. The molecule has 4 rings (SSSR count). The minimum atomic E-state index is -0.585. The maximum absolute atomic E-state index is 13.4. The fraction of sp³-hybridized carbons (Fsp3) is 0.522. The lowest BCUT2D eigenvalue weighted by Gasteiger charge is -2.36.